The molecule has 0 rings (SSSR count). The van der Waals surface area contributed by atoms with Gasteiger partial charge < -0.3 is 4.84 Å². The first-order chi connectivity index (χ1) is 3.56. The highest BCUT2D eigenvalue weighted by atomic mass is 16.6. The Morgan fingerprint density at radius 3 is 2.12 bits per heavy atom. The fourth-order valence-corrected chi connectivity index (χ4v) is 0.298. The fourth-order valence-electron chi connectivity index (χ4n) is 0.298. The van der Waals surface area contributed by atoms with E-state index in [0.29, 0.717) is 6.61 Å². The van der Waals surface area contributed by atoms with Gasteiger partial charge in [-0.1, -0.05) is 20.8 Å². The molecule has 0 amide bonds. The molecule has 0 saturated carbocycles. The minimum atomic E-state index is 0.222. The Morgan fingerprint density at radius 1 is 1.50 bits per heavy atom. The first kappa shape index (κ1) is 7.92. The van der Waals surface area contributed by atoms with Crippen LogP contribution in [0.15, 0.2) is 0 Å². The summed E-state index contributed by atoms with van der Waals surface area (Å²) in [5, 5.41) is 0. The Labute approximate surface area is 51.0 Å². The molecule has 0 saturated heterocycles. The highest BCUT2D eigenvalue weighted by molar-refractivity contribution is 4.79. The minimum absolute atomic E-state index is 0.222. The van der Waals surface area contributed by atoms with E-state index in [-0.39, 0.29) is 5.41 Å². The zero-order valence-corrected chi connectivity index (χ0v) is 5.77. The van der Waals surface area contributed by atoms with Gasteiger partial charge in [0.05, 0.1) is 6.61 Å². The molecular weight excluding hydrogens is 102 g/mol. The first-order valence-corrected chi connectivity index (χ1v) is 2.72. The summed E-state index contributed by atoms with van der Waals surface area (Å²) in [6.07, 6.45) is 2.02. The molecule has 0 aliphatic rings. The van der Waals surface area contributed by atoms with Crippen LogP contribution >= 0.6 is 0 Å². The summed E-state index contributed by atoms with van der Waals surface area (Å²) in [6.45, 7) is 6.84. The smallest absolute Gasteiger partial charge is 0.0716 e. The summed E-state index contributed by atoms with van der Waals surface area (Å²) in [6, 6.07) is 0. The monoisotopic (exact) mass is 116 g/mol. The summed E-state index contributed by atoms with van der Waals surface area (Å²) < 4.78 is 0. The van der Waals surface area contributed by atoms with Crippen molar-refractivity contribution in [1.82, 2.24) is 0 Å². The molecule has 0 fully saturated rings. The predicted octanol–water partition coefficient (Wildman–Crippen LogP) is 1.13. The lowest BCUT2D eigenvalue weighted by Crippen LogP contribution is -2.12. The molecule has 0 aromatic rings. The zero-order chi connectivity index (χ0) is 6.62. The molecule has 2 heteroatoms. The molecule has 8 heavy (non-hydrogen) atoms. The van der Waals surface area contributed by atoms with E-state index in [2.05, 4.69) is 25.6 Å². The predicted molar refractivity (Wildman–Crippen MR) is 33.9 cm³/mol. The second kappa shape index (κ2) is 3.05. The van der Waals surface area contributed by atoms with Crippen LogP contribution in [0.3, 0.4) is 0 Å². The second-order valence-corrected chi connectivity index (χ2v) is 2.90. The van der Waals surface area contributed by atoms with Crippen molar-refractivity contribution < 1.29 is 4.84 Å². The summed E-state index contributed by atoms with van der Waals surface area (Å²) >= 11 is 0. The van der Waals surface area contributed by atoms with Crippen LogP contribution in [-0.2, 0) is 4.84 Å². The van der Waals surface area contributed by atoms with Crippen LogP contribution in [0.4, 0.5) is 0 Å². The molecule has 0 unspecified atom stereocenters. The topological polar surface area (TPSA) is 35.2 Å². The molecule has 0 aliphatic carbocycles. The lowest BCUT2D eigenvalue weighted by Gasteiger charge is -2.15. The molecule has 0 heterocycles. The third-order valence-electron chi connectivity index (χ3n) is 0.792. The van der Waals surface area contributed by atoms with E-state index in [4.69, 9.17) is 5.90 Å². The Kier molecular flexibility index (Phi) is 3.02. The van der Waals surface area contributed by atoms with E-state index in [1.54, 1.807) is 0 Å². The van der Waals surface area contributed by atoms with Crippen molar-refractivity contribution in [3.8, 4) is 0 Å². The van der Waals surface area contributed by atoms with Crippen LogP contribution < -0.4 is 5.90 Å². The molecule has 0 bridgehead atoms. The van der Waals surface area contributed by atoms with Gasteiger partial charge in [-0.3, -0.25) is 0 Å². The van der Waals surface area contributed by atoms with E-state index >= 15 is 0 Å². The van der Waals surface area contributed by atoms with Gasteiger partial charge in [0.2, 0.25) is 0 Å². The van der Waals surface area contributed by atoms with Crippen molar-refractivity contribution in [1.29, 1.82) is 0 Å². The van der Waals surface area contributed by atoms with Gasteiger partial charge in [-0.05, 0) is 11.8 Å². The van der Waals surface area contributed by atoms with E-state index < -0.39 is 0 Å². The van der Waals surface area contributed by atoms with Crippen LogP contribution in [0, 0.1) is 11.8 Å². The average molecular weight is 116 g/mol. The van der Waals surface area contributed by atoms with Gasteiger partial charge in [0.1, 0.15) is 0 Å². The average Bonchev–Trinajstić information content (AvgIpc) is 1.59. The fraction of sp³-hybridized carbons (Fsp3) is 0.833. The number of nitrogens with two attached hydrogens (primary N) is 1. The van der Waals surface area contributed by atoms with Crippen LogP contribution in [0.5, 0.6) is 0 Å². The van der Waals surface area contributed by atoms with E-state index in [1.807, 2.05) is 6.42 Å². The van der Waals surface area contributed by atoms with Crippen molar-refractivity contribution in [3.05, 3.63) is 6.42 Å². The minimum Gasteiger partial charge on any atom is -0.304 e. The number of rotatable bonds is 2. The van der Waals surface area contributed by atoms with Gasteiger partial charge in [-0.2, -0.15) is 0 Å². The van der Waals surface area contributed by atoms with Gasteiger partial charge >= 0.3 is 0 Å². The summed E-state index contributed by atoms with van der Waals surface area (Å²) in [4.78, 5) is 4.36. The molecule has 0 aliphatic heterocycles. The van der Waals surface area contributed by atoms with Crippen LogP contribution in [0.1, 0.15) is 20.8 Å². The Morgan fingerprint density at radius 2 is 2.00 bits per heavy atom. The molecule has 2 nitrogen and oxygen atoms in total. The maximum Gasteiger partial charge on any atom is 0.0716 e. The van der Waals surface area contributed by atoms with Gasteiger partial charge in [-0.15, -0.1) is 0 Å². The highest BCUT2D eigenvalue weighted by Gasteiger charge is 2.08. The van der Waals surface area contributed by atoms with Gasteiger partial charge in [0.15, 0.2) is 0 Å². The van der Waals surface area contributed by atoms with E-state index in [0.717, 1.165) is 0 Å². The van der Waals surface area contributed by atoms with Gasteiger partial charge in [0.25, 0.3) is 0 Å². The molecule has 0 aromatic heterocycles. The Bertz CT molecular complexity index is 56.0. The lowest BCUT2D eigenvalue weighted by atomic mass is 9.93. The van der Waals surface area contributed by atoms with E-state index in [1.165, 1.54) is 0 Å². The van der Waals surface area contributed by atoms with Crippen molar-refractivity contribution >= 4 is 0 Å². The SMILES string of the molecule is CC(C)(C)[CH]CON. The van der Waals surface area contributed by atoms with Crippen LogP contribution in [-0.4, -0.2) is 6.61 Å². The van der Waals surface area contributed by atoms with Gasteiger partial charge in [0, 0.05) is 0 Å². The second-order valence-electron chi connectivity index (χ2n) is 2.90. The normalized spacial score (nSPS) is 12.0. The van der Waals surface area contributed by atoms with Crippen LogP contribution in [0.25, 0.3) is 0 Å². The van der Waals surface area contributed by atoms with Crippen LogP contribution in [0.2, 0.25) is 0 Å². The number of hydrogen-bond donors (Lipinski definition) is 1. The molecular formula is C6H14NO. The quantitative estimate of drug-likeness (QED) is 0.549. The Hall–Kier alpha value is -0.0800. The summed E-state index contributed by atoms with van der Waals surface area (Å²) in [5.74, 6) is 4.80. The molecule has 49 valence electrons. The molecule has 0 atom stereocenters. The lowest BCUT2D eigenvalue weighted by molar-refractivity contribution is 0.145. The molecule has 0 spiro atoms. The van der Waals surface area contributed by atoms with Crippen molar-refractivity contribution in [2.75, 3.05) is 6.61 Å². The summed E-state index contributed by atoms with van der Waals surface area (Å²) in [5.41, 5.74) is 0.222. The Balaban J connectivity index is 3.11. The van der Waals surface area contributed by atoms with Crippen molar-refractivity contribution in [2.45, 2.75) is 20.8 Å². The first-order valence-electron chi connectivity index (χ1n) is 2.72. The standard InChI is InChI=1S/C6H14NO/c1-6(2,3)4-5-8-7/h4H,5,7H2,1-3H3. The van der Waals surface area contributed by atoms with Crippen molar-refractivity contribution in [3.63, 3.8) is 0 Å². The summed E-state index contributed by atoms with van der Waals surface area (Å²) in [7, 11) is 0. The molecule has 2 N–H and O–H groups in total. The third kappa shape index (κ3) is 5.92. The molecule has 0 aromatic carbocycles. The zero-order valence-electron chi connectivity index (χ0n) is 5.77. The maximum absolute atomic E-state index is 4.80. The van der Waals surface area contributed by atoms with E-state index in [9.17, 15) is 0 Å². The number of hydrogen-bond acceptors (Lipinski definition) is 2. The largest absolute Gasteiger partial charge is 0.304 e. The molecule has 1 radical (unpaired) electrons. The highest BCUT2D eigenvalue weighted by Crippen LogP contribution is 2.15. The van der Waals surface area contributed by atoms with Crippen molar-refractivity contribution in [2.24, 2.45) is 11.3 Å². The van der Waals surface area contributed by atoms with Gasteiger partial charge in [-0.25, -0.2) is 5.90 Å². The third-order valence-corrected chi connectivity index (χ3v) is 0.792. The maximum atomic E-state index is 4.80.